The number of fused-ring (bicyclic) bond motifs is 12. The van der Waals surface area contributed by atoms with Crippen molar-refractivity contribution in [3.05, 3.63) is 109 Å². The molecule has 0 fully saturated rings. The predicted octanol–water partition coefficient (Wildman–Crippen LogP) is 7.29. The fourth-order valence-electron chi connectivity index (χ4n) is 5.59. The molecule has 0 amide bonds. The summed E-state index contributed by atoms with van der Waals surface area (Å²) < 4.78 is 4.69. The van der Waals surface area contributed by atoms with Crippen LogP contribution in [-0.4, -0.2) is 18.9 Å². The number of nitrogens with zero attached hydrogens (tertiary/aromatic N) is 4. The number of hydrogen-bond acceptors (Lipinski definition) is 2. The molecule has 0 saturated carbocycles. The minimum absolute atomic E-state index is 0.943. The minimum atomic E-state index is 0.943. The Morgan fingerprint density at radius 3 is 2.26 bits per heavy atom. The number of imidazole rings is 1. The van der Waals surface area contributed by atoms with Crippen molar-refractivity contribution < 1.29 is 0 Å². The van der Waals surface area contributed by atoms with Gasteiger partial charge in [0.1, 0.15) is 5.65 Å². The van der Waals surface area contributed by atoms with Crippen LogP contribution in [0.4, 0.5) is 0 Å². The van der Waals surface area contributed by atoms with Crippen LogP contribution in [0.2, 0.25) is 0 Å². The highest BCUT2D eigenvalue weighted by molar-refractivity contribution is 6.26. The van der Waals surface area contributed by atoms with Crippen LogP contribution in [0.3, 0.4) is 0 Å². The average Bonchev–Trinajstić information content (AvgIpc) is 3.46. The zero-order chi connectivity index (χ0) is 22.2. The summed E-state index contributed by atoms with van der Waals surface area (Å²) in [6.45, 7) is 0. The van der Waals surface area contributed by atoms with Gasteiger partial charge in [-0.15, -0.1) is 0 Å². The highest BCUT2D eigenvalue weighted by atomic mass is 15.0. The van der Waals surface area contributed by atoms with E-state index in [1.807, 2.05) is 18.5 Å². The first-order chi connectivity index (χ1) is 16.9. The summed E-state index contributed by atoms with van der Waals surface area (Å²) in [4.78, 5) is 9.50. The van der Waals surface area contributed by atoms with Gasteiger partial charge in [-0.3, -0.25) is 9.38 Å². The van der Waals surface area contributed by atoms with Crippen LogP contribution >= 0.6 is 0 Å². The van der Waals surface area contributed by atoms with E-state index < -0.39 is 0 Å². The van der Waals surface area contributed by atoms with Crippen molar-refractivity contribution in [2.75, 3.05) is 0 Å². The Bertz CT molecular complexity index is 2060. The molecule has 0 saturated heterocycles. The Morgan fingerprint density at radius 1 is 0.559 bits per heavy atom. The zero-order valence-corrected chi connectivity index (χ0v) is 18.2. The largest absolute Gasteiger partial charge is 0.309 e. The summed E-state index contributed by atoms with van der Waals surface area (Å²) in [5.41, 5.74) is 7.75. The van der Waals surface area contributed by atoms with Gasteiger partial charge in [0.05, 0.1) is 27.6 Å². The van der Waals surface area contributed by atoms with Gasteiger partial charge >= 0.3 is 0 Å². The van der Waals surface area contributed by atoms with Crippen molar-refractivity contribution in [2.24, 2.45) is 0 Å². The Morgan fingerprint density at radius 2 is 1.35 bits per heavy atom. The van der Waals surface area contributed by atoms with E-state index in [9.17, 15) is 0 Å². The standard InChI is InChI=1S/C30H18N4/c1-2-8-19(9-3-1)33-25-12-6-4-10-20(25)22-14-15-27-28(29(22)33)21-16-17-31-18-23(21)30-32-24-11-5-7-13-26(24)34(27)30/h1-18H. The molecule has 0 unspecified atom stereocenters. The maximum Gasteiger partial charge on any atom is 0.147 e. The number of rotatable bonds is 1. The number of para-hydroxylation sites is 4. The van der Waals surface area contributed by atoms with Gasteiger partial charge in [-0.05, 0) is 47.9 Å². The second-order valence-corrected chi connectivity index (χ2v) is 8.72. The molecule has 8 aromatic rings. The van der Waals surface area contributed by atoms with Crippen LogP contribution in [0.15, 0.2) is 109 Å². The fraction of sp³-hybridized carbons (Fsp3) is 0. The first-order valence-corrected chi connectivity index (χ1v) is 11.4. The first kappa shape index (κ1) is 17.8. The highest BCUT2D eigenvalue weighted by Gasteiger charge is 2.20. The Balaban J connectivity index is 1.75. The molecule has 4 aromatic heterocycles. The second kappa shape index (κ2) is 6.42. The van der Waals surface area contributed by atoms with Crippen LogP contribution < -0.4 is 0 Å². The predicted molar refractivity (Wildman–Crippen MR) is 140 cm³/mol. The van der Waals surface area contributed by atoms with Crippen LogP contribution in [0.1, 0.15) is 0 Å². The summed E-state index contributed by atoms with van der Waals surface area (Å²) in [5, 5.41) is 5.93. The van der Waals surface area contributed by atoms with Crippen molar-refractivity contribution in [3.63, 3.8) is 0 Å². The number of pyridine rings is 2. The quantitative estimate of drug-likeness (QED) is 0.254. The lowest BCUT2D eigenvalue weighted by Crippen LogP contribution is -1.97. The van der Waals surface area contributed by atoms with Crippen LogP contribution in [0, 0.1) is 0 Å². The lowest BCUT2D eigenvalue weighted by molar-refractivity contribution is 1.18. The summed E-state index contributed by atoms with van der Waals surface area (Å²) in [6, 6.07) is 34.3. The first-order valence-electron chi connectivity index (χ1n) is 11.4. The van der Waals surface area contributed by atoms with E-state index in [1.54, 1.807) is 0 Å². The third-order valence-corrected chi connectivity index (χ3v) is 6.96. The monoisotopic (exact) mass is 434 g/mol. The van der Waals surface area contributed by atoms with E-state index in [2.05, 4.69) is 105 Å². The zero-order valence-electron chi connectivity index (χ0n) is 18.2. The molecule has 4 nitrogen and oxygen atoms in total. The maximum absolute atomic E-state index is 5.01. The van der Waals surface area contributed by atoms with Gasteiger partial charge in [0.2, 0.25) is 0 Å². The second-order valence-electron chi connectivity index (χ2n) is 8.72. The third-order valence-electron chi connectivity index (χ3n) is 6.96. The highest BCUT2D eigenvalue weighted by Crippen LogP contribution is 2.41. The minimum Gasteiger partial charge on any atom is -0.309 e. The van der Waals surface area contributed by atoms with Gasteiger partial charge in [0.25, 0.3) is 0 Å². The summed E-state index contributed by atoms with van der Waals surface area (Å²) in [5.74, 6) is 0. The van der Waals surface area contributed by atoms with Gasteiger partial charge in [0.15, 0.2) is 0 Å². The van der Waals surface area contributed by atoms with Gasteiger partial charge < -0.3 is 4.57 Å². The van der Waals surface area contributed by atoms with E-state index in [-0.39, 0.29) is 0 Å². The number of aromatic nitrogens is 4. The van der Waals surface area contributed by atoms with Crippen molar-refractivity contribution >= 4 is 60.2 Å². The van der Waals surface area contributed by atoms with E-state index in [4.69, 9.17) is 4.98 Å². The van der Waals surface area contributed by atoms with E-state index in [0.717, 1.165) is 33.3 Å². The average molecular weight is 435 g/mol. The molecule has 4 heterocycles. The van der Waals surface area contributed by atoms with Crippen LogP contribution in [-0.2, 0) is 0 Å². The van der Waals surface area contributed by atoms with E-state index in [0.29, 0.717) is 0 Å². The van der Waals surface area contributed by atoms with Gasteiger partial charge in [-0.2, -0.15) is 0 Å². The lowest BCUT2D eigenvalue weighted by Gasteiger charge is -2.13. The summed E-state index contributed by atoms with van der Waals surface area (Å²) in [7, 11) is 0. The maximum atomic E-state index is 5.01. The normalized spacial score (nSPS) is 12.1. The summed E-state index contributed by atoms with van der Waals surface area (Å²) >= 11 is 0. The molecule has 0 bridgehead atoms. The molecule has 0 radical (unpaired) electrons. The Kier molecular flexibility index (Phi) is 3.36. The molecule has 0 spiro atoms. The van der Waals surface area contributed by atoms with Crippen molar-refractivity contribution in [1.29, 1.82) is 0 Å². The number of benzene rings is 4. The van der Waals surface area contributed by atoms with Gasteiger partial charge in [0, 0.05) is 39.6 Å². The van der Waals surface area contributed by atoms with Gasteiger partial charge in [-0.1, -0.05) is 54.6 Å². The summed E-state index contributed by atoms with van der Waals surface area (Å²) in [6.07, 6.45) is 3.83. The van der Waals surface area contributed by atoms with Crippen molar-refractivity contribution in [1.82, 2.24) is 18.9 Å². The molecular formula is C30H18N4. The molecule has 4 heteroatoms. The topological polar surface area (TPSA) is 35.1 Å². The molecule has 0 aliphatic rings. The fourth-order valence-corrected chi connectivity index (χ4v) is 5.59. The van der Waals surface area contributed by atoms with Crippen LogP contribution in [0.5, 0.6) is 0 Å². The smallest absolute Gasteiger partial charge is 0.147 e. The molecule has 0 atom stereocenters. The van der Waals surface area contributed by atoms with E-state index >= 15 is 0 Å². The van der Waals surface area contributed by atoms with E-state index in [1.165, 1.54) is 32.6 Å². The van der Waals surface area contributed by atoms with Crippen molar-refractivity contribution in [3.8, 4) is 5.69 Å². The Hall–Kier alpha value is -4.70. The molecule has 0 aliphatic carbocycles. The third kappa shape index (κ3) is 2.17. The van der Waals surface area contributed by atoms with Crippen LogP contribution in [0.25, 0.3) is 65.8 Å². The molecule has 8 rings (SSSR count). The molecule has 0 aliphatic heterocycles. The molecule has 4 aromatic carbocycles. The lowest BCUT2D eigenvalue weighted by atomic mass is 10.0. The molecule has 34 heavy (non-hydrogen) atoms. The molecular weight excluding hydrogens is 416 g/mol. The Labute approximate surface area is 194 Å². The molecule has 0 N–H and O–H groups in total. The SMILES string of the molecule is c1ccc(-n2c3ccccc3c3ccc4c(c5ccncc5c5nc6ccccc6n45)c32)cc1. The number of hydrogen-bond donors (Lipinski definition) is 0. The molecule has 158 valence electrons. The van der Waals surface area contributed by atoms with Crippen molar-refractivity contribution in [2.45, 2.75) is 0 Å². The van der Waals surface area contributed by atoms with Gasteiger partial charge in [-0.25, -0.2) is 4.98 Å².